The summed E-state index contributed by atoms with van der Waals surface area (Å²) in [6, 6.07) is 6.29. The summed E-state index contributed by atoms with van der Waals surface area (Å²) in [7, 11) is 1.55. The van der Waals surface area contributed by atoms with Crippen LogP contribution in [-0.2, 0) is 9.59 Å². The van der Waals surface area contributed by atoms with Gasteiger partial charge in [-0.3, -0.25) is 9.18 Å². The number of aldehydes is 1. The molecule has 2 atom stereocenters. The van der Waals surface area contributed by atoms with Crippen LogP contribution in [-0.4, -0.2) is 32.0 Å². The van der Waals surface area contributed by atoms with E-state index in [9.17, 15) is 14.0 Å². The molecule has 1 aliphatic heterocycles. The average Bonchev–Trinajstić information content (AvgIpc) is 2.42. The molecular formula is C13H14FNO3. The molecule has 0 spiro atoms. The number of rotatable bonds is 5. The molecule has 0 saturated carbocycles. The van der Waals surface area contributed by atoms with Gasteiger partial charge in [-0.2, -0.15) is 0 Å². The predicted molar refractivity (Wildman–Crippen MR) is 64.4 cm³/mol. The molecule has 2 rings (SSSR count). The van der Waals surface area contributed by atoms with E-state index < -0.39 is 18.6 Å². The summed E-state index contributed by atoms with van der Waals surface area (Å²) in [4.78, 5) is 24.2. The molecule has 0 aromatic heterocycles. The smallest absolute Gasteiger partial charge is 0.233 e. The maximum absolute atomic E-state index is 12.3. The zero-order valence-corrected chi connectivity index (χ0v) is 10.0. The van der Waals surface area contributed by atoms with Crippen molar-refractivity contribution in [3.8, 4) is 5.75 Å². The second-order valence-corrected chi connectivity index (χ2v) is 4.12. The van der Waals surface area contributed by atoms with E-state index in [1.165, 1.54) is 4.90 Å². The molecular weight excluding hydrogens is 237 g/mol. The number of anilines is 1. The molecule has 1 aromatic rings. The molecule has 1 fully saturated rings. The van der Waals surface area contributed by atoms with Crippen LogP contribution in [0.2, 0.25) is 0 Å². The molecule has 4 nitrogen and oxygen atoms in total. The molecule has 5 heteroatoms. The first-order chi connectivity index (χ1) is 8.72. The van der Waals surface area contributed by atoms with Gasteiger partial charge >= 0.3 is 0 Å². The molecule has 96 valence electrons. The maximum Gasteiger partial charge on any atom is 0.233 e. The van der Waals surface area contributed by atoms with Crippen molar-refractivity contribution in [3.63, 3.8) is 0 Å². The summed E-state index contributed by atoms with van der Waals surface area (Å²) >= 11 is 0. The quantitative estimate of drug-likeness (QED) is 0.589. The van der Waals surface area contributed by atoms with Gasteiger partial charge in [-0.25, -0.2) is 0 Å². The molecule has 1 heterocycles. The number of benzene rings is 1. The highest BCUT2D eigenvalue weighted by Gasteiger charge is 2.47. The van der Waals surface area contributed by atoms with Crippen molar-refractivity contribution in [3.05, 3.63) is 24.3 Å². The van der Waals surface area contributed by atoms with E-state index in [4.69, 9.17) is 4.74 Å². The third-order valence-corrected chi connectivity index (χ3v) is 3.18. The van der Waals surface area contributed by atoms with Gasteiger partial charge in [-0.1, -0.05) is 0 Å². The second kappa shape index (κ2) is 5.16. The monoisotopic (exact) mass is 251 g/mol. The first kappa shape index (κ1) is 12.5. The number of ether oxygens (including phenoxy) is 1. The number of amides is 1. The molecule has 0 bridgehead atoms. The molecule has 0 unspecified atom stereocenters. The Bertz CT molecular complexity index is 446. The lowest BCUT2D eigenvalue weighted by atomic mass is 9.85. The van der Waals surface area contributed by atoms with Crippen LogP contribution in [0.3, 0.4) is 0 Å². The Hall–Kier alpha value is -1.91. The summed E-state index contributed by atoms with van der Waals surface area (Å²) in [5, 5.41) is 0. The molecule has 1 amide bonds. The van der Waals surface area contributed by atoms with Crippen molar-refractivity contribution in [1.29, 1.82) is 0 Å². The number of alkyl halides is 1. The molecule has 0 aliphatic carbocycles. The summed E-state index contributed by atoms with van der Waals surface area (Å²) in [5.41, 5.74) is 0.632. The van der Waals surface area contributed by atoms with Crippen LogP contribution in [0.15, 0.2) is 24.3 Å². The van der Waals surface area contributed by atoms with E-state index in [0.717, 1.165) is 0 Å². The van der Waals surface area contributed by atoms with Crippen molar-refractivity contribution < 1.29 is 18.7 Å². The number of hydrogen-bond donors (Lipinski definition) is 0. The van der Waals surface area contributed by atoms with E-state index in [1.807, 2.05) is 0 Å². The molecule has 0 radical (unpaired) electrons. The minimum Gasteiger partial charge on any atom is -0.497 e. The summed E-state index contributed by atoms with van der Waals surface area (Å²) in [6.45, 7) is -0.586. The first-order valence-corrected chi connectivity index (χ1v) is 5.71. The van der Waals surface area contributed by atoms with Crippen molar-refractivity contribution in [1.82, 2.24) is 0 Å². The Morgan fingerprint density at radius 1 is 1.39 bits per heavy atom. The fourth-order valence-electron chi connectivity index (χ4n) is 2.18. The van der Waals surface area contributed by atoms with Crippen molar-refractivity contribution >= 4 is 17.9 Å². The predicted octanol–water partition coefficient (Wildman–Crippen LogP) is 1.59. The Morgan fingerprint density at radius 2 is 2.06 bits per heavy atom. The third-order valence-electron chi connectivity index (χ3n) is 3.18. The SMILES string of the molecule is COc1ccc(N2C(=O)[C@H](CCF)[C@H]2C=O)cc1. The Morgan fingerprint density at radius 3 is 2.56 bits per heavy atom. The fraction of sp³-hybridized carbons (Fsp3) is 0.385. The van der Waals surface area contributed by atoms with Crippen LogP contribution in [0.4, 0.5) is 10.1 Å². The maximum atomic E-state index is 12.3. The zero-order chi connectivity index (χ0) is 13.1. The number of carbonyl (C=O) groups excluding carboxylic acids is 2. The van der Waals surface area contributed by atoms with Crippen molar-refractivity contribution in [2.24, 2.45) is 5.92 Å². The van der Waals surface area contributed by atoms with Crippen LogP contribution in [0.1, 0.15) is 6.42 Å². The number of carbonyl (C=O) groups is 2. The van der Waals surface area contributed by atoms with Crippen molar-refractivity contribution in [2.45, 2.75) is 12.5 Å². The lowest BCUT2D eigenvalue weighted by Gasteiger charge is -2.44. The molecule has 1 aliphatic rings. The van der Waals surface area contributed by atoms with Crippen LogP contribution in [0, 0.1) is 5.92 Å². The Balaban J connectivity index is 2.17. The van der Waals surface area contributed by atoms with E-state index in [2.05, 4.69) is 0 Å². The van der Waals surface area contributed by atoms with Gasteiger partial charge in [0.2, 0.25) is 5.91 Å². The van der Waals surface area contributed by atoms with E-state index in [0.29, 0.717) is 17.7 Å². The molecule has 0 N–H and O–H groups in total. The van der Waals surface area contributed by atoms with E-state index in [1.54, 1.807) is 31.4 Å². The Labute approximate surface area is 104 Å². The van der Waals surface area contributed by atoms with Gasteiger partial charge in [-0.15, -0.1) is 0 Å². The van der Waals surface area contributed by atoms with Gasteiger partial charge in [0.05, 0.1) is 19.7 Å². The van der Waals surface area contributed by atoms with E-state index in [-0.39, 0.29) is 12.3 Å². The minimum atomic E-state index is -0.586. The molecule has 1 saturated heterocycles. The summed E-state index contributed by atoms with van der Waals surface area (Å²) in [5.74, 6) is -0.0424. The number of nitrogens with zero attached hydrogens (tertiary/aromatic N) is 1. The highest BCUT2D eigenvalue weighted by molar-refractivity contribution is 6.08. The van der Waals surface area contributed by atoms with Gasteiger partial charge < -0.3 is 14.4 Å². The van der Waals surface area contributed by atoms with Gasteiger partial charge in [0.15, 0.2) is 0 Å². The van der Waals surface area contributed by atoms with Crippen LogP contribution >= 0.6 is 0 Å². The van der Waals surface area contributed by atoms with E-state index >= 15 is 0 Å². The van der Waals surface area contributed by atoms with Crippen LogP contribution < -0.4 is 9.64 Å². The lowest BCUT2D eigenvalue weighted by molar-refractivity contribution is -0.134. The third kappa shape index (κ3) is 1.96. The standard InChI is InChI=1S/C13H14FNO3/c1-18-10-4-2-9(3-5-10)15-12(8-16)11(6-7-14)13(15)17/h2-5,8,11-12H,6-7H2,1H3/t11-,12-/m1/s1. The van der Waals surface area contributed by atoms with Gasteiger partial charge in [-0.05, 0) is 30.7 Å². The lowest BCUT2D eigenvalue weighted by Crippen LogP contribution is -2.62. The fourth-order valence-corrected chi connectivity index (χ4v) is 2.18. The number of hydrogen-bond acceptors (Lipinski definition) is 3. The summed E-state index contributed by atoms with van der Waals surface area (Å²) in [6.07, 6.45) is 0.806. The second-order valence-electron chi connectivity index (χ2n) is 4.12. The minimum absolute atomic E-state index is 0.106. The number of methoxy groups -OCH3 is 1. The highest BCUT2D eigenvalue weighted by atomic mass is 19.1. The topological polar surface area (TPSA) is 46.6 Å². The largest absolute Gasteiger partial charge is 0.497 e. The molecule has 1 aromatic carbocycles. The number of halogens is 1. The normalized spacial score (nSPS) is 22.6. The van der Waals surface area contributed by atoms with Gasteiger partial charge in [0.1, 0.15) is 18.1 Å². The zero-order valence-electron chi connectivity index (χ0n) is 10.0. The number of β-lactam (4-membered cyclic amide) rings is 1. The van der Waals surface area contributed by atoms with Gasteiger partial charge in [0.25, 0.3) is 0 Å². The van der Waals surface area contributed by atoms with Crippen molar-refractivity contribution in [2.75, 3.05) is 18.7 Å². The molecule has 18 heavy (non-hydrogen) atoms. The first-order valence-electron chi connectivity index (χ1n) is 5.71. The van der Waals surface area contributed by atoms with Crippen LogP contribution in [0.25, 0.3) is 0 Å². The van der Waals surface area contributed by atoms with Gasteiger partial charge in [0, 0.05) is 5.69 Å². The Kier molecular flexibility index (Phi) is 3.60. The summed E-state index contributed by atoms with van der Waals surface area (Å²) < 4.78 is 17.3. The van der Waals surface area contributed by atoms with Crippen LogP contribution in [0.5, 0.6) is 5.75 Å². The highest BCUT2D eigenvalue weighted by Crippen LogP contribution is 2.34. The average molecular weight is 251 g/mol.